The number of phenols is 1. The molecule has 0 bridgehead atoms. The number of rotatable bonds is 14. The highest BCUT2D eigenvalue weighted by atomic mass is 32.2. The van der Waals surface area contributed by atoms with E-state index in [1.165, 1.54) is 6.07 Å². The van der Waals surface area contributed by atoms with Crippen LogP contribution in [0.15, 0.2) is 35.1 Å². The molecule has 14 nitrogen and oxygen atoms in total. The number of aliphatic carboxylic acids is 1. The number of benzene rings is 1. The van der Waals surface area contributed by atoms with E-state index < -0.39 is 88.4 Å². The van der Waals surface area contributed by atoms with E-state index in [2.05, 4.69) is 10.6 Å². The maximum Gasteiger partial charge on any atom is 0.320 e. The summed E-state index contributed by atoms with van der Waals surface area (Å²) in [5, 5.41) is 60.8. The number of carboxylic acid groups (broad SMARTS) is 1. The number of phenolic OH excluding ortho intramolecular Hbond substituents is 1. The standard InChI is InChI=1S/C35H45N3O11S/c1-2-24(41)49-30-20-14-23(40)27(33(45)38-16-37-13-6-5-11-21(36)34(46)47)31(43)35(20,48)32(44)28-26(30)19(15-50-17-8-3-4-9-17)18-10-7-12-22(39)25(18)29(28)42/h7,10,12,17,19-21,26,30,37,39,42-43,48H,2-6,8-9,11,13-16,36H2,1H3,(H,38,45)(H,46,47)/t19-,20+,21?,26+,30+,35+/m0/s1. The largest absolute Gasteiger partial charge is 0.508 e. The number of amides is 1. The predicted molar refractivity (Wildman–Crippen MR) is 182 cm³/mol. The smallest absolute Gasteiger partial charge is 0.320 e. The number of aliphatic hydroxyl groups is 3. The van der Waals surface area contributed by atoms with Gasteiger partial charge in [-0.05, 0) is 43.9 Å². The second kappa shape index (κ2) is 15.5. The minimum absolute atomic E-state index is 0.00363. The topological polar surface area (TPSA) is 246 Å². The molecular weight excluding hydrogens is 670 g/mol. The van der Waals surface area contributed by atoms with Crippen molar-refractivity contribution in [2.75, 3.05) is 19.0 Å². The number of ether oxygens (including phenoxy) is 1. The van der Waals surface area contributed by atoms with Crippen LogP contribution in [0, 0.1) is 11.8 Å². The summed E-state index contributed by atoms with van der Waals surface area (Å²) in [7, 11) is 0. The van der Waals surface area contributed by atoms with E-state index in [-0.39, 0.29) is 36.4 Å². The van der Waals surface area contributed by atoms with E-state index in [1.54, 1.807) is 30.8 Å². The molecule has 0 radical (unpaired) electrons. The number of nitrogens with two attached hydrogens (primary N) is 1. The number of Topliss-reactive ketones (excluding diaryl/α,β-unsaturated/α-hetero) is 2. The van der Waals surface area contributed by atoms with Crippen LogP contribution in [0.5, 0.6) is 5.75 Å². The number of thioether (sulfide) groups is 1. The van der Waals surface area contributed by atoms with Crippen molar-refractivity contribution >= 4 is 46.9 Å². The van der Waals surface area contributed by atoms with Gasteiger partial charge in [-0.15, -0.1) is 0 Å². The Labute approximate surface area is 293 Å². The third-order valence-corrected chi connectivity index (χ3v) is 11.8. The molecule has 5 rings (SSSR count). The zero-order valence-electron chi connectivity index (χ0n) is 27.9. The number of hydrogen-bond acceptors (Lipinski definition) is 13. The highest BCUT2D eigenvalue weighted by molar-refractivity contribution is 7.99. The summed E-state index contributed by atoms with van der Waals surface area (Å²) in [5.41, 5.74) is 1.91. The molecule has 9 N–H and O–H groups in total. The molecule has 4 aliphatic rings. The van der Waals surface area contributed by atoms with Gasteiger partial charge in [-0.1, -0.05) is 38.3 Å². The summed E-state index contributed by atoms with van der Waals surface area (Å²) in [4.78, 5) is 65.1. The monoisotopic (exact) mass is 715 g/mol. The Kier molecular flexibility index (Phi) is 11.6. The minimum atomic E-state index is -2.92. The van der Waals surface area contributed by atoms with Crippen LogP contribution in [0.1, 0.15) is 81.8 Å². The molecular formula is C35H45N3O11S. The van der Waals surface area contributed by atoms with Gasteiger partial charge in [-0.2, -0.15) is 11.8 Å². The number of ketones is 2. The van der Waals surface area contributed by atoms with Crippen LogP contribution in [0.2, 0.25) is 0 Å². The lowest BCUT2D eigenvalue weighted by atomic mass is 9.55. The van der Waals surface area contributed by atoms with E-state index >= 15 is 0 Å². The fraction of sp³-hybridized carbons (Fsp3) is 0.571. The van der Waals surface area contributed by atoms with Gasteiger partial charge in [0.15, 0.2) is 11.4 Å². The Morgan fingerprint density at radius 3 is 2.52 bits per heavy atom. The summed E-state index contributed by atoms with van der Waals surface area (Å²) in [5.74, 6) is -9.70. The summed E-state index contributed by atoms with van der Waals surface area (Å²) < 4.78 is 5.92. The average molecular weight is 716 g/mol. The number of nitrogens with one attached hydrogen (secondary N) is 2. The van der Waals surface area contributed by atoms with Crippen molar-refractivity contribution in [3.05, 3.63) is 46.2 Å². The van der Waals surface area contributed by atoms with Crippen LogP contribution < -0.4 is 16.4 Å². The van der Waals surface area contributed by atoms with Crippen molar-refractivity contribution in [2.24, 2.45) is 17.6 Å². The first-order valence-corrected chi connectivity index (χ1v) is 18.1. The molecule has 1 amide bonds. The SMILES string of the molecule is CCC(=O)O[C@H]1[C@H]2C(=C(O)c3c(O)cccc3[C@@H]2CSC2CCCC2)C(=O)[C@]2(O)C(O)=C(C(=O)NCNCCCCC(N)C(=O)O)C(=O)C[C@H]12. The lowest BCUT2D eigenvalue weighted by molar-refractivity contribution is -0.178. The second-order valence-corrected chi connectivity index (χ2v) is 14.7. The number of unbranched alkanes of at least 4 members (excludes halogenated alkanes) is 1. The van der Waals surface area contributed by atoms with Gasteiger partial charge in [0, 0.05) is 47.2 Å². The number of carbonyl (C=O) groups is 5. The summed E-state index contributed by atoms with van der Waals surface area (Å²) in [6.07, 6.45) is 3.44. The van der Waals surface area contributed by atoms with Crippen LogP contribution >= 0.6 is 11.8 Å². The van der Waals surface area contributed by atoms with Crippen LogP contribution in [0.3, 0.4) is 0 Å². The quantitative estimate of drug-likeness (QED) is 0.0597. The van der Waals surface area contributed by atoms with E-state index in [0.717, 1.165) is 25.7 Å². The Bertz CT molecular complexity index is 1600. The van der Waals surface area contributed by atoms with Crippen LogP contribution in [-0.4, -0.2) is 96.9 Å². The summed E-state index contributed by atoms with van der Waals surface area (Å²) >= 11 is 1.68. The maximum absolute atomic E-state index is 14.5. The number of esters is 1. The summed E-state index contributed by atoms with van der Waals surface area (Å²) in [6.45, 7) is 1.76. The third-order valence-electron chi connectivity index (χ3n) is 10.3. The van der Waals surface area contributed by atoms with Crippen LogP contribution in [0.4, 0.5) is 0 Å². The molecule has 2 fully saturated rings. The van der Waals surface area contributed by atoms with Gasteiger partial charge in [-0.3, -0.25) is 29.3 Å². The highest BCUT2D eigenvalue weighted by Gasteiger charge is 2.66. The van der Waals surface area contributed by atoms with Crippen molar-refractivity contribution in [1.29, 1.82) is 0 Å². The van der Waals surface area contributed by atoms with Crippen LogP contribution in [0.25, 0.3) is 5.76 Å². The molecule has 15 heteroatoms. The molecule has 6 atom stereocenters. The Balaban J connectivity index is 1.47. The Hall–Kier alpha value is -3.92. The number of carboxylic acids is 1. The molecule has 2 saturated carbocycles. The van der Waals surface area contributed by atoms with Gasteiger partial charge in [0.2, 0.25) is 5.78 Å². The molecule has 0 aliphatic heterocycles. The van der Waals surface area contributed by atoms with E-state index in [9.17, 15) is 44.4 Å². The molecule has 1 aromatic rings. The molecule has 0 spiro atoms. The lowest BCUT2D eigenvalue weighted by Crippen LogP contribution is -2.65. The van der Waals surface area contributed by atoms with E-state index in [0.29, 0.717) is 36.0 Å². The van der Waals surface area contributed by atoms with Crippen LogP contribution in [-0.2, 0) is 28.7 Å². The zero-order chi connectivity index (χ0) is 36.3. The number of aromatic hydroxyl groups is 1. The van der Waals surface area contributed by atoms with Gasteiger partial charge in [0.25, 0.3) is 5.91 Å². The Morgan fingerprint density at radius 2 is 1.84 bits per heavy atom. The van der Waals surface area contributed by atoms with Crippen molar-refractivity contribution in [3.8, 4) is 5.75 Å². The molecule has 272 valence electrons. The lowest BCUT2D eigenvalue weighted by Gasteiger charge is -2.52. The van der Waals surface area contributed by atoms with Crippen molar-refractivity contribution in [2.45, 2.75) is 93.6 Å². The Morgan fingerprint density at radius 1 is 1.12 bits per heavy atom. The fourth-order valence-electron chi connectivity index (χ4n) is 7.67. The maximum atomic E-state index is 14.5. The van der Waals surface area contributed by atoms with Gasteiger partial charge >= 0.3 is 11.9 Å². The van der Waals surface area contributed by atoms with Gasteiger partial charge < -0.3 is 41.3 Å². The first-order chi connectivity index (χ1) is 23.8. The molecule has 0 aromatic heterocycles. The van der Waals surface area contributed by atoms with Crippen molar-refractivity contribution < 1.29 is 54.2 Å². The van der Waals surface area contributed by atoms with E-state index in [1.807, 2.05) is 0 Å². The second-order valence-electron chi connectivity index (χ2n) is 13.4. The normalized spacial score (nSPS) is 27.0. The van der Waals surface area contributed by atoms with Gasteiger partial charge in [-0.25, -0.2) is 0 Å². The van der Waals surface area contributed by atoms with E-state index in [4.69, 9.17) is 15.6 Å². The zero-order valence-corrected chi connectivity index (χ0v) is 28.7. The fourth-order valence-corrected chi connectivity index (χ4v) is 9.20. The first kappa shape index (κ1) is 37.3. The molecule has 0 heterocycles. The molecule has 1 aromatic carbocycles. The molecule has 0 saturated heterocycles. The predicted octanol–water partition coefficient (Wildman–Crippen LogP) is 2.33. The van der Waals surface area contributed by atoms with Gasteiger partial charge in [0.1, 0.15) is 35.0 Å². The molecule has 4 aliphatic carbocycles. The highest BCUT2D eigenvalue weighted by Crippen LogP contribution is 2.57. The van der Waals surface area contributed by atoms with Crippen molar-refractivity contribution in [1.82, 2.24) is 10.6 Å². The van der Waals surface area contributed by atoms with Gasteiger partial charge in [0.05, 0.1) is 12.2 Å². The number of hydrogen-bond donors (Lipinski definition) is 8. The number of carbonyl (C=O) groups excluding carboxylic acids is 4. The number of aliphatic hydroxyl groups excluding tert-OH is 2. The van der Waals surface area contributed by atoms with Crippen molar-refractivity contribution in [3.63, 3.8) is 0 Å². The third kappa shape index (κ3) is 7.00. The number of fused-ring (bicyclic) bond motifs is 3. The first-order valence-electron chi connectivity index (χ1n) is 17.1. The molecule has 1 unspecified atom stereocenters. The average Bonchev–Trinajstić information content (AvgIpc) is 3.60. The molecule has 50 heavy (non-hydrogen) atoms. The summed E-state index contributed by atoms with van der Waals surface area (Å²) in [6, 6.07) is 3.71. The minimum Gasteiger partial charge on any atom is -0.508 e.